The highest BCUT2D eigenvalue weighted by Crippen LogP contribution is 2.30. The fourth-order valence-electron chi connectivity index (χ4n) is 1.87. The van der Waals surface area contributed by atoms with Gasteiger partial charge in [0.25, 0.3) is 0 Å². The van der Waals surface area contributed by atoms with Gasteiger partial charge in [0.15, 0.2) is 0 Å². The average molecular weight is 277 g/mol. The van der Waals surface area contributed by atoms with Crippen LogP contribution < -0.4 is 5.32 Å². The van der Waals surface area contributed by atoms with E-state index in [1.807, 2.05) is 11.3 Å². The molecule has 0 spiro atoms. The first kappa shape index (κ1) is 11.9. The molecule has 18 heavy (non-hydrogen) atoms. The van der Waals surface area contributed by atoms with E-state index in [1.165, 1.54) is 15.3 Å². The minimum absolute atomic E-state index is 0.240. The third kappa shape index (κ3) is 2.82. The highest BCUT2D eigenvalue weighted by Gasteiger charge is 2.28. The minimum atomic E-state index is 0.240. The molecule has 0 radical (unpaired) electrons. The molecule has 2 aromatic heterocycles. The zero-order valence-electron chi connectivity index (χ0n) is 10.0. The van der Waals surface area contributed by atoms with E-state index in [-0.39, 0.29) is 5.91 Å². The van der Waals surface area contributed by atoms with Gasteiger partial charge in [-0.05, 0) is 48.2 Å². The molecule has 0 atom stereocenters. The van der Waals surface area contributed by atoms with Gasteiger partial charge in [-0.2, -0.15) is 11.3 Å². The van der Waals surface area contributed by atoms with Crippen LogP contribution in [0, 0.1) is 5.92 Å². The summed E-state index contributed by atoms with van der Waals surface area (Å²) in [5.41, 5.74) is 1.30. The van der Waals surface area contributed by atoms with Crippen molar-refractivity contribution in [2.75, 3.05) is 6.54 Å². The van der Waals surface area contributed by atoms with Gasteiger partial charge in [-0.15, -0.1) is 11.3 Å². The van der Waals surface area contributed by atoms with Gasteiger partial charge in [0, 0.05) is 27.8 Å². The van der Waals surface area contributed by atoms with E-state index in [9.17, 15) is 4.79 Å². The summed E-state index contributed by atoms with van der Waals surface area (Å²) >= 11 is 3.55. The number of thiophene rings is 2. The highest BCUT2D eigenvalue weighted by atomic mass is 32.1. The van der Waals surface area contributed by atoms with Crippen molar-refractivity contribution in [3.63, 3.8) is 0 Å². The Kier molecular flexibility index (Phi) is 3.48. The van der Waals surface area contributed by atoms with Crippen LogP contribution in [0.5, 0.6) is 0 Å². The summed E-state index contributed by atoms with van der Waals surface area (Å²) < 4.78 is 0. The molecule has 1 N–H and O–H groups in total. The van der Waals surface area contributed by atoms with E-state index in [0.717, 1.165) is 25.8 Å². The lowest BCUT2D eigenvalue weighted by Gasteiger charge is -2.01. The van der Waals surface area contributed by atoms with Gasteiger partial charge in [0.2, 0.25) is 5.91 Å². The van der Waals surface area contributed by atoms with E-state index in [1.54, 1.807) is 11.3 Å². The van der Waals surface area contributed by atoms with Gasteiger partial charge in [-0.3, -0.25) is 4.79 Å². The maximum absolute atomic E-state index is 11.5. The molecule has 0 aliphatic heterocycles. The number of carbonyl (C=O) groups excluding carboxylic acids is 1. The standard InChI is InChI=1S/C14H15NOS2/c16-14(10-1-2-10)15-7-5-12-3-4-13(18-12)11-6-8-17-9-11/h3-4,6,8-10H,1-2,5,7H2,(H,15,16). The van der Waals surface area contributed by atoms with E-state index in [2.05, 4.69) is 34.3 Å². The third-order valence-corrected chi connectivity index (χ3v) is 4.96. The van der Waals surface area contributed by atoms with Crippen molar-refractivity contribution in [3.05, 3.63) is 33.8 Å². The van der Waals surface area contributed by atoms with Crippen LogP contribution in [0.3, 0.4) is 0 Å². The zero-order valence-corrected chi connectivity index (χ0v) is 11.7. The predicted octanol–water partition coefficient (Wildman–Crippen LogP) is 3.55. The molecule has 1 saturated carbocycles. The molecule has 1 aliphatic carbocycles. The maximum atomic E-state index is 11.5. The Bertz CT molecular complexity index is 526. The van der Waals surface area contributed by atoms with Crippen LogP contribution in [-0.2, 0) is 11.2 Å². The van der Waals surface area contributed by atoms with Crippen LogP contribution in [0.15, 0.2) is 29.0 Å². The largest absolute Gasteiger partial charge is 0.356 e. The summed E-state index contributed by atoms with van der Waals surface area (Å²) in [5.74, 6) is 0.555. The topological polar surface area (TPSA) is 29.1 Å². The Labute approximate surface area is 115 Å². The molecule has 94 valence electrons. The third-order valence-electron chi connectivity index (χ3n) is 3.09. The molecule has 0 aromatic carbocycles. The summed E-state index contributed by atoms with van der Waals surface area (Å²) in [6, 6.07) is 6.49. The first-order valence-corrected chi connectivity index (χ1v) is 7.98. The average Bonchev–Trinajstić information content (AvgIpc) is 2.90. The summed E-state index contributed by atoms with van der Waals surface area (Å²) in [7, 11) is 0. The Hall–Kier alpha value is -1.13. The van der Waals surface area contributed by atoms with E-state index < -0.39 is 0 Å². The normalized spacial score (nSPS) is 14.7. The van der Waals surface area contributed by atoms with Crippen molar-refractivity contribution in [2.45, 2.75) is 19.3 Å². The Morgan fingerprint density at radius 2 is 2.22 bits per heavy atom. The van der Waals surface area contributed by atoms with Crippen molar-refractivity contribution < 1.29 is 4.79 Å². The summed E-state index contributed by atoms with van der Waals surface area (Å²) in [6.45, 7) is 0.763. The van der Waals surface area contributed by atoms with Crippen molar-refractivity contribution >= 4 is 28.6 Å². The molecule has 3 rings (SSSR count). The summed E-state index contributed by atoms with van der Waals surface area (Å²) in [5, 5.41) is 7.28. The van der Waals surface area contributed by atoms with Crippen molar-refractivity contribution in [2.24, 2.45) is 5.92 Å². The van der Waals surface area contributed by atoms with Gasteiger partial charge in [-0.25, -0.2) is 0 Å². The van der Waals surface area contributed by atoms with Gasteiger partial charge < -0.3 is 5.32 Å². The lowest BCUT2D eigenvalue weighted by Crippen LogP contribution is -2.26. The van der Waals surface area contributed by atoms with E-state index in [0.29, 0.717) is 5.92 Å². The second-order valence-corrected chi connectivity index (χ2v) is 6.54. The molecule has 1 fully saturated rings. The Morgan fingerprint density at radius 1 is 1.33 bits per heavy atom. The lowest BCUT2D eigenvalue weighted by atomic mass is 10.2. The molecular formula is C14H15NOS2. The van der Waals surface area contributed by atoms with E-state index in [4.69, 9.17) is 0 Å². The highest BCUT2D eigenvalue weighted by molar-refractivity contribution is 7.16. The van der Waals surface area contributed by atoms with Crippen molar-refractivity contribution in [3.8, 4) is 10.4 Å². The molecule has 2 nitrogen and oxygen atoms in total. The predicted molar refractivity (Wildman–Crippen MR) is 77.1 cm³/mol. The second-order valence-electron chi connectivity index (χ2n) is 4.59. The lowest BCUT2D eigenvalue weighted by molar-refractivity contribution is -0.122. The molecule has 0 saturated heterocycles. The molecule has 4 heteroatoms. The minimum Gasteiger partial charge on any atom is -0.356 e. The first-order chi connectivity index (χ1) is 8.83. The van der Waals surface area contributed by atoms with Gasteiger partial charge in [0.1, 0.15) is 0 Å². The maximum Gasteiger partial charge on any atom is 0.223 e. The second kappa shape index (κ2) is 5.24. The van der Waals surface area contributed by atoms with Crippen LogP contribution in [0.1, 0.15) is 17.7 Å². The fourth-order valence-corrected chi connectivity index (χ4v) is 3.60. The van der Waals surface area contributed by atoms with Crippen LogP contribution in [0.4, 0.5) is 0 Å². The van der Waals surface area contributed by atoms with Gasteiger partial charge in [-0.1, -0.05) is 0 Å². The number of hydrogen-bond donors (Lipinski definition) is 1. The number of hydrogen-bond acceptors (Lipinski definition) is 3. The number of amides is 1. The smallest absolute Gasteiger partial charge is 0.223 e. The summed E-state index contributed by atoms with van der Waals surface area (Å²) in [4.78, 5) is 14.1. The molecule has 0 bridgehead atoms. The number of carbonyl (C=O) groups is 1. The van der Waals surface area contributed by atoms with Crippen LogP contribution in [-0.4, -0.2) is 12.5 Å². The van der Waals surface area contributed by atoms with Crippen LogP contribution in [0.2, 0.25) is 0 Å². The van der Waals surface area contributed by atoms with Gasteiger partial charge >= 0.3 is 0 Å². The zero-order chi connectivity index (χ0) is 12.4. The molecule has 2 aromatic rings. The SMILES string of the molecule is O=C(NCCc1ccc(-c2ccsc2)s1)C1CC1. The van der Waals surface area contributed by atoms with Gasteiger partial charge in [0.05, 0.1) is 0 Å². The molecular weight excluding hydrogens is 262 g/mol. The Morgan fingerprint density at radius 3 is 2.94 bits per heavy atom. The first-order valence-electron chi connectivity index (χ1n) is 6.22. The number of rotatable bonds is 5. The number of nitrogens with one attached hydrogen (secondary N) is 1. The van der Waals surface area contributed by atoms with Crippen molar-refractivity contribution in [1.82, 2.24) is 5.32 Å². The van der Waals surface area contributed by atoms with E-state index >= 15 is 0 Å². The van der Waals surface area contributed by atoms with Crippen LogP contribution >= 0.6 is 22.7 Å². The Balaban J connectivity index is 1.52. The molecule has 2 heterocycles. The monoisotopic (exact) mass is 277 g/mol. The van der Waals surface area contributed by atoms with Crippen molar-refractivity contribution in [1.29, 1.82) is 0 Å². The molecule has 1 amide bonds. The molecule has 1 aliphatic rings. The fraction of sp³-hybridized carbons (Fsp3) is 0.357. The quantitative estimate of drug-likeness (QED) is 0.889. The summed E-state index contributed by atoms with van der Waals surface area (Å²) in [6.07, 6.45) is 3.09. The molecule has 0 unspecified atom stereocenters. The van der Waals surface area contributed by atoms with Crippen LogP contribution in [0.25, 0.3) is 10.4 Å².